The summed E-state index contributed by atoms with van der Waals surface area (Å²) in [6.45, 7) is 2.28. The summed E-state index contributed by atoms with van der Waals surface area (Å²) in [5.74, 6) is 1.53. The van der Waals surface area contributed by atoms with Crippen molar-refractivity contribution in [2.24, 2.45) is 11.7 Å². The lowest BCUT2D eigenvalue weighted by Crippen LogP contribution is -2.44. The molecule has 1 aromatic carbocycles. The second kappa shape index (κ2) is 3.89. The molecule has 1 aliphatic heterocycles. The SMILES string of the molecule is CC1CCCC12C[C@@H](N)c1cc(Cl)ccc1O2. The highest BCUT2D eigenvalue weighted by Gasteiger charge is 2.46. The van der Waals surface area contributed by atoms with Gasteiger partial charge in [0.1, 0.15) is 11.4 Å². The van der Waals surface area contributed by atoms with Crippen molar-refractivity contribution in [2.45, 2.75) is 44.2 Å². The summed E-state index contributed by atoms with van der Waals surface area (Å²) in [6, 6.07) is 5.83. The van der Waals surface area contributed by atoms with Crippen LogP contribution in [0.15, 0.2) is 18.2 Å². The van der Waals surface area contributed by atoms with E-state index < -0.39 is 0 Å². The molecule has 1 spiro atoms. The molecular formula is C14H18ClNO. The van der Waals surface area contributed by atoms with Crippen molar-refractivity contribution in [3.63, 3.8) is 0 Å². The zero-order chi connectivity index (χ0) is 12.0. The van der Waals surface area contributed by atoms with Crippen molar-refractivity contribution in [3.8, 4) is 5.75 Å². The maximum atomic E-state index is 6.29. The first kappa shape index (κ1) is 11.4. The summed E-state index contributed by atoms with van der Waals surface area (Å²) in [6.07, 6.45) is 4.54. The smallest absolute Gasteiger partial charge is 0.125 e. The van der Waals surface area contributed by atoms with E-state index in [1.807, 2.05) is 18.2 Å². The number of fused-ring (bicyclic) bond motifs is 1. The fraction of sp³-hybridized carbons (Fsp3) is 0.571. The molecule has 3 atom stereocenters. The molecular weight excluding hydrogens is 234 g/mol. The van der Waals surface area contributed by atoms with Crippen molar-refractivity contribution in [1.29, 1.82) is 0 Å². The van der Waals surface area contributed by atoms with Gasteiger partial charge in [-0.1, -0.05) is 18.5 Å². The molecule has 1 aliphatic carbocycles. The summed E-state index contributed by atoms with van der Waals surface area (Å²) in [4.78, 5) is 0. The molecule has 3 rings (SSSR count). The summed E-state index contributed by atoms with van der Waals surface area (Å²) in [5.41, 5.74) is 7.32. The lowest BCUT2D eigenvalue weighted by molar-refractivity contribution is 0.00668. The van der Waals surface area contributed by atoms with Crippen LogP contribution in [0.5, 0.6) is 5.75 Å². The van der Waals surface area contributed by atoms with Gasteiger partial charge in [-0.15, -0.1) is 0 Å². The van der Waals surface area contributed by atoms with E-state index in [0.29, 0.717) is 5.92 Å². The van der Waals surface area contributed by atoms with Gasteiger partial charge in [0, 0.05) is 23.0 Å². The number of halogens is 1. The van der Waals surface area contributed by atoms with Crippen LogP contribution in [-0.2, 0) is 0 Å². The standard InChI is InChI=1S/C14H18ClNO/c1-9-3-2-6-14(9)8-12(16)11-7-10(15)4-5-13(11)17-14/h4-5,7,9,12H,2-3,6,8,16H2,1H3/t9?,12-,14?/m1/s1. The Kier molecular flexibility index (Phi) is 2.60. The topological polar surface area (TPSA) is 35.2 Å². The van der Waals surface area contributed by atoms with E-state index in [1.54, 1.807) is 0 Å². The Hall–Kier alpha value is -0.730. The first-order valence-electron chi connectivity index (χ1n) is 6.35. The van der Waals surface area contributed by atoms with Gasteiger partial charge >= 0.3 is 0 Å². The largest absolute Gasteiger partial charge is 0.487 e. The molecule has 1 heterocycles. The van der Waals surface area contributed by atoms with Gasteiger partial charge < -0.3 is 10.5 Å². The Labute approximate surface area is 107 Å². The van der Waals surface area contributed by atoms with Crippen LogP contribution in [0.1, 0.15) is 44.2 Å². The third kappa shape index (κ3) is 1.74. The third-order valence-corrected chi connectivity index (χ3v) is 4.62. The Balaban J connectivity index is 2.01. The summed E-state index contributed by atoms with van der Waals surface area (Å²) in [7, 11) is 0. The molecule has 17 heavy (non-hydrogen) atoms. The Morgan fingerprint density at radius 1 is 1.47 bits per heavy atom. The Morgan fingerprint density at radius 2 is 2.29 bits per heavy atom. The second-order valence-corrected chi connectivity index (χ2v) is 5.89. The van der Waals surface area contributed by atoms with Crippen molar-refractivity contribution < 1.29 is 4.74 Å². The molecule has 0 radical (unpaired) electrons. The van der Waals surface area contributed by atoms with Crippen molar-refractivity contribution in [1.82, 2.24) is 0 Å². The second-order valence-electron chi connectivity index (χ2n) is 5.45. The van der Waals surface area contributed by atoms with Crippen molar-refractivity contribution in [3.05, 3.63) is 28.8 Å². The van der Waals surface area contributed by atoms with Crippen LogP contribution < -0.4 is 10.5 Å². The van der Waals surface area contributed by atoms with Gasteiger partial charge in [0.25, 0.3) is 0 Å². The van der Waals surface area contributed by atoms with Crippen LogP contribution in [0, 0.1) is 5.92 Å². The van der Waals surface area contributed by atoms with E-state index in [1.165, 1.54) is 12.8 Å². The van der Waals surface area contributed by atoms with Gasteiger partial charge in [-0.05, 0) is 43.4 Å². The molecule has 92 valence electrons. The number of hydrogen-bond donors (Lipinski definition) is 1. The normalized spacial score (nSPS) is 35.7. The quantitative estimate of drug-likeness (QED) is 0.763. The molecule has 1 saturated carbocycles. The monoisotopic (exact) mass is 251 g/mol. The van der Waals surface area contributed by atoms with Crippen molar-refractivity contribution >= 4 is 11.6 Å². The van der Waals surface area contributed by atoms with E-state index in [-0.39, 0.29) is 11.6 Å². The fourth-order valence-electron chi connectivity index (χ4n) is 3.32. The lowest BCUT2D eigenvalue weighted by Gasteiger charge is -2.41. The van der Waals surface area contributed by atoms with Crippen LogP contribution in [0.4, 0.5) is 0 Å². The van der Waals surface area contributed by atoms with Crippen LogP contribution in [0.25, 0.3) is 0 Å². The van der Waals surface area contributed by atoms with Crippen LogP contribution in [0.3, 0.4) is 0 Å². The molecule has 2 aliphatic rings. The zero-order valence-corrected chi connectivity index (χ0v) is 10.8. The first-order valence-corrected chi connectivity index (χ1v) is 6.72. The number of nitrogens with two attached hydrogens (primary N) is 1. The average molecular weight is 252 g/mol. The summed E-state index contributed by atoms with van der Waals surface area (Å²) < 4.78 is 6.28. The van der Waals surface area contributed by atoms with Gasteiger partial charge in [0.05, 0.1) is 0 Å². The highest BCUT2D eigenvalue weighted by Crippen LogP contribution is 2.49. The molecule has 2 N–H and O–H groups in total. The van der Waals surface area contributed by atoms with Gasteiger partial charge in [0.2, 0.25) is 0 Å². The molecule has 0 aromatic heterocycles. The number of hydrogen-bond acceptors (Lipinski definition) is 2. The molecule has 0 saturated heterocycles. The van der Waals surface area contributed by atoms with Gasteiger partial charge in [0.15, 0.2) is 0 Å². The molecule has 3 heteroatoms. The predicted octanol–water partition coefficient (Wildman–Crippen LogP) is 3.68. The van der Waals surface area contributed by atoms with Gasteiger partial charge in [-0.3, -0.25) is 0 Å². The Morgan fingerprint density at radius 3 is 3.00 bits per heavy atom. The van der Waals surface area contributed by atoms with E-state index in [9.17, 15) is 0 Å². The van der Waals surface area contributed by atoms with E-state index in [4.69, 9.17) is 22.1 Å². The summed E-state index contributed by atoms with van der Waals surface area (Å²) >= 11 is 6.01. The minimum atomic E-state index is -0.0275. The number of ether oxygens (including phenoxy) is 1. The maximum Gasteiger partial charge on any atom is 0.125 e. The molecule has 1 fully saturated rings. The molecule has 0 bridgehead atoms. The van der Waals surface area contributed by atoms with Gasteiger partial charge in [-0.25, -0.2) is 0 Å². The van der Waals surface area contributed by atoms with E-state index >= 15 is 0 Å². The molecule has 1 aromatic rings. The minimum absolute atomic E-state index is 0.0275. The van der Waals surface area contributed by atoms with Gasteiger partial charge in [-0.2, -0.15) is 0 Å². The Bertz CT molecular complexity index is 448. The maximum absolute atomic E-state index is 6.29. The molecule has 2 unspecified atom stereocenters. The highest BCUT2D eigenvalue weighted by molar-refractivity contribution is 6.30. The third-order valence-electron chi connectivity index (χ3n) is 4.39. The molecule has 2 nitrogen and oxygen atoms in total. The van der Waals surface area contributed by atoms with E-state index in [0.717, 1.165) is 29.2 Å². The first-order chi connectivity index (χ1) is 8.11. The zero-order valence-electron chi connectivity index (χ0n) is 10.1. The predicted molar refractivity (Wildman–Crippen MR) is 69.4 cm³/mol. The van der Waals surface area contributed by atoms with Crippen molar-refractivity contribution in [2.75, 3.05) is 0 Å². The fourth-order valence-corrected chi connectivity index (χ4v) is 3.50. The number of rotatable bonds is 0. The van der Waals surface area contributed by atoms with Crippen LogP contribution >= 0.6 is 11.6 Å². The van der Waals surface area contributed by atoms with Crippen LogP contribution in [0.2, 0.25) is 5.02 Å². The minimum Gasteiger partial charge on any atom is -0.487 e. The summed E-state index contributed by atoms with van der Waals surface area (Å²) in [5, 5.41) is 0.734. The molecule has 0 amide bonds. The highest BCUT2D eigenvalue weighted by atomic mass is 35.5. The number of benzene rings is 1. The van der Waals surface area contributed by atoms with Crippen LogP contribution in [-0.4, -0.2) is 5.60 Å². The van der Waals surface area contributed by atoms with E-state index in [2.05, 4.69) is 6.92 Å². The lowest BCUT2D eigenvalue weighted by atomic mass is 9.81. The average Bonchev–Trinajstić information content (AvgIpc) is 2.62.